The molecule has 114 valence electrons. The number of amides is 1. The largest absolute Gasteiger partial charge is 0.392 e. The molecule has 0 heterocycles. The van der Waals surface area contributed by atoms with Crippen LogP contribution in [-0.4, -0.2) is 17.4 Å². The summed E-state index contributed by atoms with van der Waals surface area (Å²) < 4.78 is 0. The molecule has 4 heteroatoms. The Balaban J connectivity index is 1.97. The lowest BCUT2D eigenvalue weighted by Gasteiger charge is -2.31. The molecular weight excluding hydrogens is 268 g/mol. The summed E-state index contributed by atoms with van der Waals surface area (Å²) in [5.41, 5.74) is 5.38. The van der Waals surface area contributed by atoms with Gasteiger partial charge in [-0.05, 0) is 31.1 Å². The fraction of sp³-hybridized carbons (Fsp3) is 0.875. The van der Waals surface area contributed by atoms with Gasteiger partial charge < -0.3 is 11.1 Å². The minimum atomic E-state index is -0.576. The molecular formula is C16H28N2OS. The van der Waals surface area contributed by atoms with E-state index in [4.69, 9.17) is 18.0 Å². The fourth-order valence-corrected chi connectivity index (χ4v) is 4.13. The average molecular weight is 296 g/mol. The van der Waals surface area contributed by atoms with Gasteiger partial charge in [-0.1, -0.05) is 57.7 Å². The van der Waals surface area contributed by atoms with Crippen molar-refractivity contribution in [3.05, 3.63) is 0 Å². The molecule has 0 bridgehead atoms. The summed E-state index contributed by atoms with van der Waals surface area (Å²) in [5, 5.41) is 3.17. The molecule has 0 aliphatic heterocycles. The highest BCUT2D eigenvalue weighted by Gasteiger charge is 2.41. The monoisotopic (exact) mass is 296 g/mol. The molecule has 2 unspecified atom stereocenters. The van der Waals surface area contributed by atoms with Gasteiger partial charge >= 0.3 is 0 Å². The number of nitrogens with one attached hydrogen (secondary N) is 1. The van der Waals surface area contributed by atoms with E-state index in [-0.39, 0.29) is 5.91 Å². The van der Waals surface area contributed by atoms with Crippen molar-refractivity contribution in [3.8, 4) is 0 Å². The highest BCUT2D eigenvalue weighted by atomic mass is 32.1. The normalized spacial score (nSPS) is 29.6. The summed E-state index contributed by atoms with van der Waals surface area (Å²) in [7, 11) is 0. The van der Waals surface area contributed by atoms with Crippen LogP contribution in [0.4, 0.5) is 0 Å². The number of rotatable bonds is 4. The van der Waals surface area contributed by atoms with E-state index in [9.17, 15) is 4.79 Å². The number of hydrogen-bond acceptors (Lipinski definition) is 2. The number of hydrogen-bond donors (Lipinski definition) is 2. The maximum Gasteiger partial charge on any atom is 0.233 e. The predicted molar refractivity (Wildman–Crippen MR) is 86.4 cm³/mol. The first-order valence-electron chi connectivity index (χ1n) is 8.14. The molecule has 20 heavy (non-hydrogen) atoms. The van der Waals surface area contributed by atoms with E-state index in [1.165, 1.54) is 32.1 Å². The fourth-order valence-electron chi connectivity index (χ4n) is 3.84. The first-order valence-corrected chi connectivity index (χ1v) is 8.55. The maximum atomic E-state index is 12.7. The van der Waals surface area contributed by atoms with Crippen molar-refractivity contribution in [2.45, 2.75) is 64.7 Å². The lowest BCUT2D eigenvalue weighted by atomic mass is 9.79. The number of nitrogens with two attached hydrogens (primary N) is 1. The van der Waals surface area contributed by atoms with Gasteiger partial charge in [0.2, 0.25) is 5.91 Å². The zero-order valence-electron chi connectivity index (χ0n) is 12.6. The average Bonchev–Trinajstić information content (AvgIpc) is 2.67. The molecule has 2 aliphatic rings. The summed E-state index contributed by atoms with van der Waals surface area (Å²) in [6.45, 7) is 3.09. The standard InChI is InChI=1S/C16H28N2OS/c1-12-7-6-8-13(12)11-18-15(19)16(14(17)20)9-4-2-3-5-10-16/h12-13H,2-11H2,1H3,(H2,17,20)(H,18,19). The van der Waals surface area contributed by atoms with Gasteiger partial charge in [0.15, 0.2) is 0 Å². The van der Waals surface area contributed by atoms with Crippen molar-refractivity contribution < 1.29 is 4.79 Å². The van der Waals surface area contributed by atoms with Gasteiger partial charge in [0.25, 0.3) is 0 Å². The van der Waals surface area contributed by atoms with Crippen LogP contribution in [0.5, 0.6) is 0 Å². The summed E-state index contributed by atoms with van der Waals surface area (Å²) in [6, 6.07) is 0. The molecule has 0 aromatic rings. The molecule has 2 rings (SSSR count). The lowest BCUT2D eigenvalue weighted by Crippen LogP contribution is -2.49. The second kappa shape index (κ2) is 6.88. The van der Waals surface area contributed by atoms with Crippen LogP contribution in [0.25, 0.3) is 0 Å². The molecule has 1 amide bonds. The maximum absolute atomic E-state index is 12.7. The van der Waals surface area contributed by atoms with E-state index >= 15 is 0 Å². The van der Waals surface area contributed by atoms with Gasteiger partial charge in [-0.3, -0.25) is 4.79 Å². The molecule has 2 aliphatic carbocycles. The van der Waals surface area contributed by atoms with Crippen LogP contribution in [0, 0.1) is 17.3 Å². The summed E-state index contributed by atoms with van der Waals surface area (Å²) in [5.74, 6) is 1.45. The Morgan fingerprint density at radius 3 is 2.35 bits per heavy atom. The van der Waals surface area contributed by atoms with E-state index in [0.29, 0.717) is 10.9 Å². The summed E-state index contributed by atoms with van der Waals surface area (Å²) in [6.07, 6.45) is 9.98. The van der Waals surface area contributed by atoms with E-state index in [2.05, 4.69) is 12.2 Å². The highest BCUT2D eigenvalue weighted by Crippen LogP contribution is 2.36. The van der Waals surface area contributed by atoms with E-state index in [1.807, 2.05) is 0 Å². The highest BCUT2D eigenvalue weighted by molar-refractivity contribution is 7.80. The van der Waals surface area contributed by atoms with Gasteiger partial charge in [0.1, 0.15) is 0 Å². The first-order chi connectivity index (χ1) is 9.56. The third-order valence-electron chi connectivity index (χ3n) is 5.43. The summed E-state index contributed by atoms with van der Waals surface area (Å²) in [4.78, 5) is 13.1. The SMILES string of the molecule is CC1CCCC1CNC(=O)C1(C(N)=S)CCCCCC1. The Morgan fingerprint density at radius 2 is 1.85 bits per heavy atom. The Hall–Kier alpha value is -0.640. The van der Waals surface area contributed by atoms with E-state index in [0.717, 1.165) is 38.1 Å². The van der Waals surface area contributed by atoms with Gasteiger partial charge in [0.05, 0.1) is 10.4 Å². The molecule has 3 nitrogen and oxygen atoms in total. The van der Waals surface area contributed by atoms with Crippen molar-refractivity contribution >= 4 is 23.1 Å². The Labute approximate surface area is 128 Å². The van der Waals surface area contributed by atoms with Gasteiger partial charge in [-0.25, -0.2) is 0 Å². The zero-order chi connectivity index (χ0) is 14.6. The number of carbonyl (C=O) groups is 1. The second-order valence-corrected chi connectivity index (χ2v) is 7.18. The Morgan fingerprint density at radius 1 is 1.20 bits per heavy atom. The Bertz CT molecular complexity index is 361. The summed E-state index contributed by atoms with van der Waals surface area (Å²) >= 11 is 5.25. The third kappa shape index (κ3) is 3.33. The van der Waals surface area contributed by atoms with Crippen molar-refractivity contribution in [1.82, 2.24) is 5.32 Å². The van der Waals surface area contributed by atoms with Gasteiger partial charge in [-0.15, -0.1) is 0 Å². The quantitative estimate of drug-likeness (QED) is 0.619. The minimum absolute atomic E-state index is 0.0889. The Kier molecular flexibility index (Phi) is 5.42. The molecule has 0 spiro atoms. The minimum Gasteiger partial charge on any atom is -0.392 e. The van der Waals surface area contributed by atoms with Gasteiger partial charge in [0, 0.05) is 6.54 Å². The van der Waals surface area contributed by atoms with E-state index in [1.54, 1.807) is 0 Å². The van der Waals surface area contributed by atoms with Crippen molar-refractivity contribution in [2.75, 3.05) is 6.54 Å². The predicted octanol–water partition coefficient (Wildman–Crippen LogP) is 3.17. The first kappa shape index (κ1) is 15.7. The molecule has 2 fully saturated rings. The number of thiocarbonyl (C=S) groups is 1. The second-order valence-electron chi connectivity index (χ2n) is 6.74. The molecule has 0 aromatic heterocycles. The zero-order valence-corrected chi connectivity index (χ0v) is 13.4. The van der Waals surface area contributed by atoms with Crippen molar-refractivity contribution in [1.29, 1.82) is 0 Å². The topological polar surface area (TPSA) is 55.1 Å². The lowest BCUT2D eigenvalue weighted by molar-refractivity contribution is -0.128. The van der Waals surface area contributed by atoms with Crippen LogP contribution >= 0.6 is 12.2 Å². The van der Waals surface area contributed by atoms with Crippen LogP contribution in [0.2, 0.25) is 0 Å². The smallest absolute Gasteiger partial charge is 0.233 e. The van der Waals surface area contributed by atoms with Crippen molar-refractivity contribution in [3.63, 3.8) is 0 Å². The number of carbonyl (C=O) groups excluding carboxylic acids is 1. The van der Waals surface area contributed by atoms with Gasteiger partial charge in [-0.2, -0.15) is 0 Å². The third-order valence-corrected chi connectivity index (χ3v) is 5.82. The van der Waals surface area contributed by atoms with Crippen LogP contribution < -0.4 is 11.1 Å². The van der Waals surface area contributed by atoms with Crippen LogP contribution in [-0.2, 0) is 4.79 Å². The van der Waals surface area contributed by atoms with E-state index < -0.39 is 5.41 Å². The van der Waals surface area contributed by atoms with Crippen LogP contribution in [0.1, 0.15) is 64.7 Å². The molecule has 0 saturated heterocycles. The van der Waals surface area contributed by atoms with Crippen molar-refractivity contribution in [2.24, 2.45) is 23.0 Å². The molecule has 0 radical (unpaired) electrons. The van der Waals surface area contributed by atoms with Crippen LogP contribution in [0.3, 0.4) is 0 Å². The molecule has 3 N–H and O–H groups in total. The molecule has 2 atom stereocenters. The van der Waals surface area contributed by atoms with Crippen LogP contribution in [0.15, 0.2) is 0 Å². The molecule has 0 aromatic carbocycles. The molecule has 2 saturated carbocycles.